The van der Waals surface area contributed by atoms with Gasteiger partial charge in [-0.25, -0.2) is 0 Å². The lowest BCUT2D eigenvalue weighted by molar-refractivity contribution is -0.00679. The quantitative estimate of drug-likeness (QED) is 0.693. The third-order valence-electron chi connectivity index (χ3n) is 4.43. The van der Waals surface area contributed by atoms with E-state index in [4.69, 9.17) is 4.74 Å². The first-order chi connectivity index (χ1) is 7.97. The van der Waals surface area contributed by atoms with Gasteiger partial charge >= 0.3 is 0 Å². The van der Waals surface area contributed by atoms with E-state index in [0.29, 0.717) is 11.5 Å². The zero-order valence-electron chi connectivity index (χ0n) is 11.7. The van der Waals surface area contributed by atoms with Crippen molar-refractivity contribution in [3.05, 3.63) is 12.5 Å². The Kier molecular flexibility index (Phi) is 3.70. The normalized spacial score (nSPS) is 23.4. The van der Waals surface area contributed by atoms with Crippen molar-refractivity contribution >= 4 is 0 Å². The Bertz CT molecular complexity index is 267. The van der Waals surface area contributed by atoms with E-state index in [1.54, 1.807) is 0 Å². The average Bonchev–Trinajstić information content (AvgIpc) is 2.22. The summed E-state index contributed by atoms with van der Waals surface area (Å²) in [5.41, 5.74) is 0.447. The van der Waals surface area contributed by atoms with Crippen LogP contribution in [0.1, 0.15) is 52.9 Å². The molecule has 0 radical (unpaired) electrons. The van der Waals surface area contributed by atoms with E-state index >= 15 is 0 Å². The van der Waals surface area contributed by atoms with E-state index in [1.807, 2.05) is 0 Å². The number of hydrogen-bond acceptors (Lipinski definition) is 2. The van der Waals surface area contributed by atoms with E-state index in [-0.39, 0.29) is 0 Å². The highest BCUT2D eigenvalue weighted by Crippen LogP contribution is 2.35. The van der Waals surface area contributed by atoms with Gasteiger partial charge in [-0.2, -0.15) is 0 Å². The van der Waals surface area contributed by atoms with Crippen LogP contribution < -0.4 is 0 Å². The van der Waals surface area contributed by atoms with Gasteiger partial charge in [-0.3, -0.25) is 0 Å². The van der Waals surface area contributed by atoms with Gasteiger partial charge in [-0.1, -0.05) is 20.8 Å². The summed E-state index contributed by atoms with van der Waals surface area (Å²) in [4.78, 5) is 2.33. The van der Waals surface area contributed by atoms with Crippen molar-refractivity contribution in [3.8, 4) is 0 Å². The Hall–Kier alpha value is -0.660. The van der Waals surface area contributed by atoms with Crippen molar-refractivity contribution in [2.45, 2.75) is 59.0 Å². The molecule has 2 nitrogen and oxygen atoms in total. The molecule has 2 aliphatic rings. The highest BCUT2D eigenvalue weighted by molar-refractivity contribution is 4.91. The number of ether oxygens (including phenoxy) is 1. The van der Waals surface area contributed by atoms with Gasteiger partial charge in [0.1, 0.15) is 6.10 Å². The van der Waals surface area contributed by atoms with Gasteiger partial charge in [-0.05, 0) is 50.0 Å². The molecule has 2 heteroatoms. The maximum atomic E-state index is 5.88. The van der Waals surface area contributed by atoms with E-state index in [2.05, 4.69) is 32.3 Å². The molecule has 2 fully saturated rings. The molecule has 0 atom stereocenters. The molecule has 2 rings (SSSR count). The lowest BCUT2D eigenvalue weighted by Crippen LogP contribution is -2.39. The fourth-order valence-electron chi connectivity index (χ4n) is 2.75. The number of rotatable bonds is 3. The highest BCUT2D eigenvalue weighted by atomic mass is 16.5. The van der Waals surface area contributed by atoms with E-state index in [9.17, 15) is 0 Å². The van der Waals surface area contributed by atoms with Crippen LogP contribution >= 0.6 is 0 Å². The van der Waals surface area contributed by atoms with Crippen molar-refractivity contribution in [1.82, 2.24) is 4.90 Å². The van der Waals surface area contributed by atoms with E-state index < -0.39 is 0 Å². The van der Waals surface area contributed by atoms with Crippen LogP contribution in [0.25, 0.3) is 0 Å². The van der Waals surface area contributed by atoms with Crippen molar-refractivity contribution in [2.75, 3.05) is 13.1 Å². The summed E-state index contributed by atoms with van der Waals surface area (Å²) in [6.07, 6.45) is 6.77. The van der Waals surface area contributed by atoms with Gasteiger partial charge in [0.2, 0.25) is 0 Å². The molecule has 0 aromatic rings. The van der Waals surface area contributed by atoms with E-state index in [1.165, 1.54) is 32.1 Å². The van der Waals surface area contributed by atoms with Crippen molar-refractivity contribution in [3.63, 3.8) is 0 Å². The van der Waals surface area contributed by atoms with Crippen molar-refractivity contribution in [2.24, 2.45) is 11.3 Å². The molecule has 1 aliphatic heterocycles. The zero-order chi connectivity index (χ0) is 12.5. The standard InChI is InChI=1S/C15H27NO/c1-12(17-14-6-5-7-14)16-10-8-13(9-11-16)15(2,3)4/h13-14H,1,5-11H2,2-4H3. The van der Waals surface area contributed by atoms with Crippen molar-refractivity contribution in [1.29, 1.82) is 0 Å². The second-order valence-corrected chi connectivity index (χ2v) is 6.69. The average molecular weight is 237 g/mol. The smallest absolute Gasteiger partial charge is 0.182 e. The molecule has 98 valence electrons. The first kappa shape index (κ1) is 12.8. The minimum Gasteiger partial charge on any atom is -0.476 e. The molecule has 0 unspecified atom stereocenters. The van der Waals surface area contributed by atoms with E-state index in [0.717, 1.165) is 24.9 Å². The largest absolute Gasteiger partial charge is 0.476 e. The number of hydrogen-bond donors (Lipinski definition) is 0. The molecule has 0 bridgehead atoms. The zero-order valence-corrected chi connectivity index (χ0v) is 11.7. The predicted octanol–water partition coefficient (Wildman–Crippen LogP) is 3.78. The summed E-state index contributed by atoms with van der Waals surface area (Å²) in [7, 11) is 0. The third-order valence-corrected chi connectivity index (χ3v) is 4.43. The third kappa shape index (κ3) is 3.17. The summed E-state index contributed by atoms with van der Waals surface area (Å²) in [6.45, 7) is 13.4. The summed E-state index contributed by atoms with van der Waals surface area (Å²) in [6, 6.07) is 0. The first-order valence-corrected chi connectivity index (χ1v) is 7.07. The summed E-state index contributed by atoms with van der Waals surface area (Å²) < 4.78 is 5.88. The Morgan fingerprint density at radius 3 is 2.12 bits per heavy atom. The van der Waals surface area contributed by atoms with Crippen LogP contribution in [-0.4, -0.2) is 24.1 Å². The number of nitrogens with zero attached hydrogens (tertiary/aromatic N) is 1. The molecular formula is C15H27NO. The molecule has 1 aliphatic carbocycles. The molecule has 1 saturated carbocycles. The maximum absolute atomic E-state index is 5.88. The fraction of sp³-hybridized carbons (Fsp3) is 0.867. The van der Waals surface area contributed by atoms with Gasteiger partial charge in [0.25, 0.3) is 0 Å². The minimum atomic E-state index is 0.447. The lowest BCUT2D eigenvalue weighted by atomic mass is 9.75. The number of likely N-dealkylation sites (tertiary alicyclic amines) is 1. The van der Waals surface area contributed by atoms with Crippen molar-refractivity contribution < 1.29 is 4.74 Å². The van der Waals surface area contributed by atoms with Gasteiger partial charge < -0.3 is 9.64 Å². The summed E-state index contributed by atoms with van der Waals surface area (Å²) in [5.74, 6) is 1.76. The van der Waals surface area contributed by atoms with Crippen LogP contribution in [-0.2, 0) is 4.74 Å². The summed E-state index contributed by atoms with van der Waals surface area (Å²) >= 11 is 0. The van der Waals surface area contributed by atoms with Crippen LogP contribution in [0.2, 0.25) is 0 Å². The van der Waals surface area contributed by atoms with Gasteiger partial charge in [0, 0.05) is 13.1 Å². The second-order valence-electron chi connectivity index (χ2n) is 6.69. The Balaban J connectivity index is 1.76. The number of piperidine rings is 1. The minimum absolute atomic E-state index is 0.447. The Morgan fingerprint density at radius 1 is 1.12 bits per heavy atom. The van der Waals surface area contributed by atoms with Gasteiger partial charge in [-0.15, -0.1) is 0 Å². The molecule has 1 saturated heterocycles. The fourth-order valence-corrected chi connectivity index (χ4v) is 2.75. The van der Waals surface area contributed by atoms with Crippen LogP contribution in [0.3, 0.4) is 0 Å². The lowest BCUT2D eigenvalue weighted by Gasteiger charge is -2.41. The molecule has 0 N–H and O–H groups in total. The van der Waals surface area contributed by atoms with Gasteiger partial charge in [0.15, 0.2) is 5.88 Å². The molecule has 0 aromatic heterocycles. The molecule has 0 amide bonds. The Labute approximate surface area is 106 Å². The maximum Gasteiger partial charge on any atom is 0.182 e. The molecule has 0 aromatic carbocycles. The van der Waals surface area contributed by atoms with Crippen LogP contribution in [0.15, 0.2) is 12.5 Å². The van der Waals surface area contributed by atoms with Crippen LogP contribution in [0, 0.1) is 11.3 Å². The molecule has 1 heterocycles. The SMILES string of the molecule is C=C(OC1CCC1)N1CCC(C(C)(C)C)CC1. The summed E-state index contributed by atoms with van der Waals surface area (Å²) in [5, 5.41) is 0. The van der Waals surface area contributed by atoms with Crippen LogP contribution in [0.4, 0.5) is 0 Å². The first-order valence-electron chi connectivity index (χ1n) is 7.07. The highest BCUT2D eigenvalue weighted by Gasteiger charge is 2.30. The second kappa shape index (κ2) is 4.91. The predicted molar refractivity (Wildman–Crippen MR) is 71.6 cm³/mol. The van der Waals surface area contributed by atoms with Gasteiger partial charge in [0.05, 0.1) is 0 Å². The topological polar surface area (TPSA) is 12.5 Å². The Morgan fingerprint density at radius 2 is 1.71 bits per heavy atom. The monoisotopic (exact) mass is 237 g/mol. The molecule has 17 heavy (non-hydrogen) atoms. The molecular weight excluding hydrogens is 210 g/mol. The van der Waals surface area contributed by atoms with Crippen LogP contribution in [0.5, 0.6) is 0 Å². The molecule has 0 spiro atoms.